The fourth-order valence-electron chi connectivity index (χ4n) is 0.761. The second-order valence-electron chi connectivity index (χ2n) is 1.93. The lowest BCUT2D eigenvalue weighted by molar-refractivity contribution is -0.114. The maximum absolute atomic E-state index is 10.5. The Hall–Kier alpha value is -0.850. The Morgan fingerprint density at radius 3 is 2.88 bits per heavy atom. The van der Waals surface area contributed by atoms with Crippen molar-refractivity contribution in [3.63, 3.8) is 0 Å². The summed E-state index contributed by atoms with van der Waals surface area (Å²) in [6, 6.07) is 0. The van der Waals surface area contributed by atoms with Gasteiger partial charge >= 0.3 is 0 Å². The second-order valence-corrected chi connectivity index (χ2v) is 1.93. The van der Waals surface area contributed by atoms with Crippen LogP contribution in [0.4, 0.5) is 0 Å². The minimum absolute atomic E-state index is 0.218. The molecule has 0 aromatic carbocycles. The summed E-state index contributed by atoms with van der Waals surface area (Å²) >= 11 is 0. The van der Waals surface area contributed by atoms with Crippen molar-refractivity contribution in [3.8, 4) is 0 Å². The lowest BCUT2D eigenvalue weighted by Crippen LogP contribution is -1.90. The summed E-state index contributed by atoms with van der Waals surface area (Å²) in [6.07, 6.45) is 5.92. The zero-order valence-corrected chi connectivity index (χ0v) is 4.63. The third kappa shape index (κ3) is 0.861. The van der Waals surface area contributed by atoms with E-state index in [1.807, 2.05) is 6.08 Å². The number of hydrogen-bond donors (Lipinski definition) is 0. The molecule has 1 atom stereocenters. The molecule has 1 heteroatoms. The fraction of sp³-hybridized carbons (Fsp3) is 0.286. The number of rotatable bonds is 1. The maximum atomic E-state index is 10.5. The Bertz CT molecular complexity index is 144. The molecule has 0 radical (unpaired) electrons. The van der Waals surface area contributed by atoms with E-state index in [0.717, 1.165) is 0 Å². The highest BCUT2D eigenvalue weighted by atomic mass is 16.1. The zero-order chi connectivity index (χ0) is 5.98. The van der Waals surface area contributed by atoms with Crippen LogP contribution in [-0.4, -0.2) is 5.78 Å². The molecule has 0 aromatic rings. The van der Waals surface area contributed by atoms with E-state index in [1.54, 1.807) is 12.2 Å². The van der Waals surface area contributed by atoms with Gasteiger partial charge in [-0.1, -0.05) is 12.2 Å². The number of carbonyl (C=O) groups excluding carboxylic acids is 1. The average molecular weight is 108 g/mol. The lowest BCUT2D eigenvalue weighted by atomic mass is 10.1. The first kappa shape index (κ1) is 5.29. The van der Waals surface area contributed by atoms with Crippen LogP contribution in [0.2, 0.25) is 0 Å². The minimum atomic E-state index is 0.218. The largest absolute Gasteiger partial charge is 0.295 e. The predicted octanol–water partition coefficient (Wildman–Crippen LogP) is 1.32. The van der Waals surface area contributed by atoms with E-state index in [4.69, 9.17) is 0 Å². The summed E-state index contributed by atoms with van der Waals surface area (Å²) in [7, 11) is 0. The average Bonchev–Trinajstić information content (AvgIpc) is 2.14. The number of ketones is 1. The van der Waals surface area contributed by atoms with Crippen molar-refractivity contribution < 1.29 is 4.79 Å². The van der Waals surface area contributed by atoms with Gasteiger partial charge < -0.3 is 0 Å². The van der Waals surface area contributed by atoms with Gasteiger partial charge in [-0.2, -0.15) is 0 Å². The van der Waals surface area contributed by atoms with Crippen LogP contribution in [0.5, 0.6) is 0 Å². The van der Waals surface area contributed by atoms with Gasteiger partial charge in [-0.15, -0.1) is 6.58 Å². The standard InChI is InChI=1S/C7H8O/c1-2-6-3-4-7(8)5-6/h2-4,6H,1,5H2/t6-/m0/s1. The Labute approximate surface area is 48.7 Å². The van der Waals surface area contributed by atoms with E-state index in [2.05, 4.69) is 6.58 Å². The first-order valence-electron chi connectivity index (χ1n) is 2.66. The van der Waals surface area contributed by atoms with Crippen LogP contribution < -0.4 is 0 Å². The smallest absolute Gasteiger partial charge is 0.156 e. The van der Waals surface area contributed by atoms with E-state index in [0.29, 0.717) is 12.3 Å². The fourth-order valence-corrected chi connectivity index (χ4v) is 0.761. The van der Waals surface area contributed by atoms with Gasteiger partial charge in [0.2, 0.25) is 0 Å². The summed E-state index contributed by atoms with van der Waals surface area (Å²) < 4.78 is 0. The summed E-state index contributed by atoms with van der Waals surface area (Å²) in [4.78, 5) is 10.5. The SMILES string of the molecule is C=C[C@H]1C=CC(=O)C1. The molecule has 0 fully saturated rings. The summed E-state index contributed by atoms with van der Waals surface area (Å²) in [5.41, 5.74) is 0. The number of hydrogen-bond acceptors (Lipinski definition) is 1. The zero-order valence-electron chi connectivity index (χ0n) is 4.63. The molecule has 0 N–H and O–H groups in total. The summed E-state index contributed by atoms with van der Waals surface area (Å²) in [5.74, 6) is 0.525. The molecule has 0 saturated carbocycles. The molecule has 0 saturated heterocycles. The second kappa shape index (κ2) is 1.95. The summed E-state index contributed by atoms with van der Waals surface area (Å²) in [6.45, 7) is 3.57. The van der Waals surface area contributed by atoms with Crippen LogP contribution >= 0.6 is 0 Å². The van der Waals surface area contributed by atoms with Crippen LogP contribution in [0.1, 0.15) is 6.42 Å². The topological polar surface area (TPSA) is 17.1 Å². The van der Waals surface area contributed by atoms with Crippen molar-refractivity contribution in [2.75, 3.05) is 0 Å². The number of allylic oxidation sites excluding steroid dienone is 3. The highest BCUT2D eigenvalue weighted by Gasteiger charge is 2.10. The first-order valence-corrected chi connectivity index (χ1v) is 2.66. The lowest BCUT2D eigenvalue weighted by Gasteiger charge is -1.91. The van der Waals surface area contributed by atoms with Gasteiger partial charge in [0.25, 0.3) is 0 Å². The Morgan fingerprint density at radius 2 is 2.62 bits per heavy atom. The Balaban J connectivity index is 2.58. The molecular formula is C7H8O. The van der Waals surface area contributed by atoms with E-state index >= 15 is 0 Å². The van der Waals surface area contributed by atoms with Crippen LogP contribution in [0.3, 0.4) is 0 Å². The van der Waals surface area contributed by atoms with Gasteiger partial charge in [-0.25, -0.2) is 0 Å². The molecule has 1 aliphatic rings. The third-order valence-corrected chi connectivity index (χ3v) is 1.27. The van der Waals surface area contributed by atoms with Crippen LogP contribution in [0.25, 0.3) is 0 Å². The first-order chi connectivity index (χ1) is 3.83. The van der Waals surface area contributed by atoms with Crippen LogP contribution in [-0.2, 0) is 4.79 Å². The van der Waals surface area contributed by atoms with E-state index in [9.17, 15) is 4.79 Å². The normalized spacial score (nSPS) is 26.5. The molecule has 0 heterocycles. The van der Waals surface area contributed by atoms with E-state index < -0.39 is 0 Å². The molecule has 0 bridgehead atoms. The quantitative estimate of drug-likeness (QED) is 0.463. The molecular weight excluding hydrogens is 100 g/mol. The minimum Gasteiger partial charge on any atom is -0.295 e. The van der Waals surface area contributed by atoms with Gasteiger partial charge in [0.05, 0.1) is 0 Å². The molecule has 1 nitrogen and oxygen atoms in total. The molecule has 8 heavy (non-hydrogen) atoms. The van der Waals surface area contributed by atoms with Crippen LogP contribution in [0.15, 0.2) is 24.8 Å². The molecule has 0 aliphatic heterocycles. The van der Waals surface area contributed by atoms with Gasteiger partial charge in [-0.05, 0) is 6.08 Å². The van der Waals surface area contributed by atoms with Gasteiger partial charge in [0, 0.05) is 12.3 Å². The molecule has 1 aliphatic carbocycles. The molecule has 0 amide bonds. The van der Waals surface area contributed by atoms with Crippen molar-refractivity contribution in [1.82, 2.24) is 0 Å². The highest BCUT2D eigenvalue weighted by Crippen LogP contribution is 2.13. The highest BCUT2D eigenvalue weighted by molar-refractivity contribution is 5.92. The molecule has 0 unspecified atom stereocenters. The van der Waals surface area contributed by atoms with Crippen molar-refractivity contribution >= 4 is 5.78 Å². The van der Waals surface area contributed by atoms with Gasteiger partial charge in [0.15, 0.2) is 5.78 Å². The molecule has 0 spiro atoms. The van der Waals surface area contributed by atoms with E-state index in [-0.39, 0.29) is 5.78 Å². The van der Waals surface area contributed by atoms with Crippen LogP contribution in [0, 0.1) is 5.92 Å². The molecule has 1 rings (SSSR count). The monoisotopic (exact) mass is 108 g/mol. The van der Waals surface area contributed by atoms with Crippen molar-refractivity contribution in [2.24, 2.45) is 5.92 Å². The van der Waals surface area contributed by atoms with Gasteiger partial charge in [-0.3, -0.25) is 4.79 Å². The maximum Gasteiger partial charge on any atom is 0.156 e. The number of carbonyl (C=O) groups is 1. The van der Waals surface area contributed by atoms with E-state index in [1.165, 1.54) is 0 Å². The predicted molar refractivity (Wildman–Crippen MR) is 32.5 cm³/mol. The Kier molecular flexibility index (Phi) is 1.29. The third-order valence-electron chi connectivity index (χ3n) is 1.27. The summed E-state index contributed by atoms with van der Waals surface area (Å²) in [5, 5.41) is 0. The van der Waals surface area contributed by atoms with Crippen molar-refractivity contribution in [1.29, 1.82) is 0 Å². The molecule has 42 valence electrons. The van der Waals surface area contributed by atoms with Crippen molar-refractivity contribution in [3.05, 3.63) is 24.8 Å². The van der Waals surface area contributed by atoms with Crippen molar-refractivity contribution in [2.45, 2.75) is 6.42 Å². The Morgan fingerprint density at radius 1 is 1.88 bits per heavy atom. The van der Waals surface area contributed by atoms with Gasteiger partial charge in [0.1, 0.15) is 0 Å². The molecule has 0 aromatic heterocycles.